The Balaban J connectivity index is 1.63. The summed E-state index contributed by atoms with van der Waals surface area (Å²) in [4.78, 5) is 16.2. The quantitative estimate of drug-likeness (QED) is 0.145. The van der Waals surface area contributed by atoms with Gasteiger partial charge < -0.3 is 15.5 Å². The summed E-state index contributed by atoms with van der Waals surface area (Å²) in [7, 11) is 0. The molecule has 0 saturated heterocycles. The highest BCUT2D eigenvalue weighted by Gasteiger charge is 2.50. The zero-order valence-electron chi connectivity index (χ0n) is 20.3. The number of unbranched alkanes of at least 4 members (excludes halogenated alkanes) is 1. The Morgan fingerprint density at radius 1 is 1.24 bits per heavy atom. The topological polar surface area (TPSA) is 64.4 Å². The van der Waals surface area contributed by atoms with Gasteiger partial charge >= 0.3 is 0 Å². The van der Waals surface area contributed by atoms with E-state index in [2.05, 4.69) is 77.7 Å². The molecule has 34 heavy (non-hydrogen) atoms. The summed E-state index contributed by atoms with van der Waals surface area (Å²) in [6.07, 6.45) is 7.93. The van der Waals surface area contributed by atoms with Crippen LogP contribution in [0.4, 0.5) is 0 Å². The number of hydrogen-bond donors (Lipinski definition) is 2. The first-order chi connectivity index (χ1) is 16.6. The zero-order chi connectivity index (χ0) is 24.4. The van der Waals surface area contributed by atoms with E-state index in [0.29, 0.717) is 12.4 Å². The minimum Gasteiger partial charge on any atom is -0.370 e. The summed E-state index contributed by atoms with van der Waals surface area (Å²) >= 11 is 5.99. The van der Waals surface area contributed by atoms with E-state index < -0.39 is 0 Å². The number of alkyl halides is 1. The van der Waals surface area contributed by atoms with E-state index in [9.17, 15) is 0 Å². The lowest BCUT2D eigenvalue weighted by Gasteiger charge is -2.29. The third-order valence-electron chi connectivity index (χ3n) is 6.40. The fraction of sp³-hybridized carbons (Fsp3) is 0.444. The van der Waals surface area contributed by atoms with Crippen molar-refractivity contribution in [3.63, 3.8) is 0 Å². The van der Waals surface area contributed by atoms with Crippen molar-refractivity contribution in [2.45, 2.75) is 50.9 Å². The molecule has 0 radical (unpaired) electrons. The number of amidine groups is 1. The van der Waals surface area contributed by atoms with Crippen LogP contribution < -0.4 is 10.6 Å². The Kier molecular flexibility index (Phi) is 9.52. The van der Waals surface area contributed by atoms with Gasteiger partial charge in [0.15, 0.2) is 5.82 Å². The van der Waals surface area contributed by atoms with Gasteiger partial charge in [0.2, 0.25) is 0 Å². The summed E-state index contributed by atoms with van der Waals surface area (Å²) < 4.78 is 0. The van der Waals surface area contributed by atoms with Crippen molar-refractivity contribution in [1.29, 1.82) is 0 Å². The average molecular weight is 481 g/mol. The predicted molar refractivity (Wildman–Crippen MR) is 146 cm³/mol. The fourth-order valence-electron chi connectivity index (χ4n) is 4.35. The van der Waals surface area contributed by atoms with Gasteiger partial charge in [0.05, 0.1) is 23.7 Å². The summed E-state index contributed by atoms with van der Waals surface area (Å²) in [5.74, 6) is 1.59. The van der Waals surface area contributed by atoms with Gasteiger partial charge in [-0.05, 0) is 50.6 Å². The minimum absolute atomic E-state index is 0.0453. The van der Waals surface area contributed by atoms with Crippen LogP contribution in [-0.2, 0) is 5.41 Å². The molecule has 2 aliphatic rings. The molecule has 1 aromatic rings. The average Bonchev–Trinajstić information content (AvgIpc) is 3.54. The SMILES string of the molecule is C=CN/C(N=C)=C(/NCCl)C(=C)N(CCCC)CCCC1=NC(C2(c3ccccc3)CC2)=NC1. The van der Waals surface area contributed by atoms with Crippen molar-refractivity contribution in [3.8, 4) is 0 Å². The van der Waals surface area contributed by atoms with Gasteiger partial charge in [-0.25, -0.2) is 9.98 Å². The van der Waals surface area contributed by atoms with Crippen LogP contribution in [-0.4, -0.2) is 48.8 Å². The van der Waals surface area contributed by atoms with Crippen molar-refractivity contribution < 1.29 is 0 Å². The largest absolute Gasteiger partial charge is 0.370 e. The normalized spacial score (nSPS) is 16.6. The Bertz CT molecular complexity index is 959. The Morgan fingerprint density at radius 3 is 2.59 bits per heavy atom. The third kappa shape index (κ3) is 6.17. The second-order valence-electron chi connectivity index (χ2n) is 8.70. The molecule has 1 aromatic carbocycles. The first kappa shape index (κ1) is 25.8. The van der Waals surface area contributed by atoms with E-state index in [1.54, 1.807) is 6.20 Å². The Labute approximate surface area is 209 Å². The lowest BCUT2D eigenvalue weighted by atomic mass is 9.95. The molecule has 7 heteroatoms. The van der Waals surface area contributed by atoms with E-state index in [0.717, 1.165) is 68.8 Å². The van der Waals surface area contributed by atoms with Gasteiger partial charge in [0, 0.05) is 18.8 Å². The molecular formula is C27H37ClN6. The van der Waals surface area contributed by atoms with E-state index >= 15 is 0 Å². The van der Waals surface area contributed by atoms with Gasteiger partial charge in [-0.2, -0.15) is 0 Å². The van der Waals surface area contributed by atoms with Crippen molar-refractivity contribution in [2.75, 3.05) is 25.6 Å². The van der Waals surface area contributed by atoms with Gasteiger partial charge in [0.25, 0.3) is 0 Å². The molecule has 2 N–H and O–H groups in total. The maximum atomic E-state index is 5.99. The molecule has 6 nitrogen and oxygen atoms in total. The number of hydrogen-bond acceptors (Lipinski definition) is 6. The maximum Gasteiger partial charge on any atom is 0.154 e. The highest BCUT2D eigenvalue weighted by molar-refractivity contribution is 6.17. The van der Waals surface area contributed by atoms with E-state index in [1.165, 1.54) is 11.3 Å². The summed E-state index contributed by atoms with van der Waals surface area (Å²) in [6, 6.07) is 10.9. The van der Waals surface area contributed by atoms with Crippen molar-refractivity contribution in [1.82, 2.24) is 15.5 Å². The standard InChI is InChI=1S/C27H37ClN6/c1-5-7-17-34(21(3)24(32-20-28)25(29-4)30-6-2)18-11-14-23-19-31-26(33-23)27(15-16-27)22-12-9-8-10-13-22/h6,8-10,12-13,30,32H,2-5,7,11,14-20H2,1H3/b25-24+. The van der Waals surface area contributed by atoms with Crippen molar-refractivity contribution in [2.24, 2.45) is 15.0 Å². The number of halogens is 1. The monoisotopic (exact) mass is 480 g/mol. The molecule has 1 aliphatic carbocycles. The lowest BCUT2D eigenvalue weighted by Crippen LogP contribution is -2.32. The number of rotatable bonds is 16. The maximum absolute atomic E-state index is 5.99. The van der Waals surface area contributed by atoms with Crippen molar-refractivity contribution >= 4 is 29.9 Å². The predicted octanol–water partition coefficient (Wildman–Crippen LogP) is 5.36. The van der Waals surface area contributed by atoms with Crippen LogP contribution >= 0.6 is 11.6 Å². The lowest BCUT2D eigenvalue weighted by molar-refractivity contribution is 0.337. The highest BCUT2D eigenvalue weighted by atomic mass is 35.5. The highest BCUT2D eigenvalue weighted by Crippen LogP contribution is 2.50. The molecule has 1 heterocycles. The minimum atomic E-state index is 0.0453. The third-order valence-corrected chi connectivity index (χ3v) is 6.54. The van der Waals surface area contributed by atoms with E-state index in [4.69, 9.17) is 21.6 Å². The molecule has 1 saturated carbocycles. The van der Waals surface area contributed by atoms with E-state index in [-0.39, 0.29) is 11.4 Å². The molecule has 1 aliphatic heterocycles. The zero-order valence-corrected chi connectivity index (χ0v) is 21.1. The molecule has 0 aromatic heterocycles. The first-order valence-electron chi connectivity index (χ1n) is 12.1. The van der Waals surface area contributed by atoms with Crippen LogP contribution in [0.5, 0.6) is 0 Å². The van der Waals surface area contributed by atoms with E-state index in [1.807, 2.05) is 0 Å². The summed E-state index contributed by atoms with van der Waals surface area (Å²) in [6.45, 7) is 16.4. The second-order valence-corrected chi connectivity index (χ2v) is 8.96. The number of aliphatic imine (C=N–C) groups is 3. The molecule has 3 rings (SSSR count). The number of nitrogens with one attached hydrogen (secondary N) is 2. The van der Waals surface area contributed by atoms with Gasteiger partial charge in [-0.15, -0.1) is 11.6 Å². The molecule has 182 valence electrons. The molecule has 1 fully saturated rings. The first-order valence-corrected chi connectivity index (χ1v) is 12.6. The Hall–Kier alpha value is -2.86. The van der Waals surface area contributed by atoms with Crippen LogP contribution in [0.3, 0.4) is 0 Å². The van der Waals surface area contributed by atoms with Gasteiger partial charge in [-0.3, -0.25) is 4.99 Å². The molecule has 0 amide bonds. The second kappa shape index (κ2) is 12.6. The van der Waals surface area contributed by atoms with Gasteiger partial charge in [-0.1, -0.05) is 56.8 Å². The summed E-state index contributed by atoms with van der Waals surface area (Å²) in [5.41, 5.74) is 4.14. The number of nitrogens with zero attached hydrogens (tertiary/aromatic N) is 4. The molecule has 0 spiro atoms. The molecular weight excluding hydrogens is 444 g/mol. The molecule has 0 bridgehead atoms. The summed E-state index contributed by atoms with van der Waals surface area (Å²) in [5, 5.41) is 6.19. The Morgan fingerprint density at radius 2 is 1.97 bits per heavy atom. The van der Waals surface area contributed by atoms with Crippen LogP contribution in [0, 0.1) is 0 Å². The smallest absolute Gasteiger partial charge is 0.154 e. The van der Waals surface area contributed by atoms with Crippen LogP contribution in [0.15, 0.2) is 81.9 Å². The number of benzene rings is 1. The molecule has 0 atom stereocenters. The van der Waals surface area contributed by atoms with Crippen LogP contribution in [0.2, 0.25) is 0 Å². The van der Waals surface area contributed by atoms with Crippen molar-refractivity contribution in [3.05, 3.63) is 72.5 Å². The molecule has 0 unspecified atom stereocenters. The van der Waals surface area contributed by atoms with Crippen LogP contribution in [0.1, 0.15) is 51.0 Å². The van der Waals surface area contributed by atoms with Gasteiger partial charge in [0.1, 0.15) is 11.5 Å². The fourth-order valence-corrected chi connectivity index (χ4v) is 4.48. The van der Waals surface area contributed by atoms with Crippen LogP contribution in [0.25, 0.3) is 0 Å².